The van der Waals surface area contributed by atoms with E-state index in [9.17, 15) is 14.7 Å². The minimum absolute atomic E-state index is 0.00400. The molecule has 1 amide bonds. The van der Waals surface area contributed by atoms with Crippen LogP contribution in [0.15, 0.2) is 18.2 Å². The Morgan fingerprint density at radius 1 is 1.22 bits per heavy atom. The van der Waals surface area contributed by atoms with E-state index in [4.69, 9.17) is 9.84 Å². The van der Waals surface area contributed by atoms with Gasteiger partial charge in [-0.25, -0.2) is 9.59 Å². The molecule has 1 aromatic rings. The molecule has 1 aromatic carbocycles. The number of carbonyl (C=O) groups excluding carboxylic acids is 1. The highest BCUT2D eigenvalue weighted by Crippen LogP contribution is 2.40. The van der Waals surface area contributed by atoms with Crippen LogP contribution >= 0.6 is 0 Å². The molecule has 3 rings (SSSR count). The van der Waals surface area contributed by atoms with Crippen molar-refractivity contribution >= 4 is 12.1 Å². The van der Waals surface area contributed by atoms with Gasteiger partial charge in [0.1, 0.15) is 17.1 Å². The number of benzene rings is 1. The molecular formula is C16H19NO6. The molecule has 0 radical (unpaired) electrons. The van der Waals surface area contributed by atoms with Gasteiger partial charge in [0.2, 0.25) is 0 Å². The molecule has 7 nitrogen and oxygen atoms in total. The summed E-state index contributed by atoms with van der Waals surface area (Å²) in [6.45, 7) is 1.12. The highest BCUT2D eigenvalue weighted by molar-refractivity contribution is 5.92. The fourth-order valence-corrected chi connectivity index (χ4v) is 3.56. The van der Waals surface area contributed by atoms with Crippen LogP contribution in [0.25, 0.3) is 0 Å². The molecule has 1 aliphatic heterocycles. The number of likely N-dealkylation sites (tertiary alicyclic amines) is 1. The van der Waals surface area contributed by atoms with Crippen molar-refractivity contribution < 1.29 is 29.3 Å². The van der Waals surface area contributed by atoms with E-state index >= 15 is 0 Å². The van der Waals surface area contributed by atoms with Gasteiger partial charge in [-0.3, -0.25) is 0 Å². The first kappa shape index (κ1) is 15.5. The second-order valence-electron chi connectivity index (χ2n) is 6.09. The van der Waals surface area contributed by atoms with Gasteiger partial charge >= 0.3 is 12.1 Å². The number of phenolic OH excluding ortho intramolecular Hbond substituents is 1. The zero-order valence-corrected chi connectivity index (χ0v) is 12.8. The van der Waals surface area contributed by atoms with E-state index in [0.29, 0.717) is 30.7 Å². The van der Waals surface area contributed by atoms with Crippen LogP contribution in [0.4, 0.5) is 4.79 Å². The molecule has 0 aromatic heterocycles. The maximum absolute atomic E-state index is 11.4. The molecule has 0 bridgehead atoms. The maximum atomic E-state index is 11.4. The molecular weight excluding hydrogens is 302 g/mol. The van der Waals surface area contributed by atoms with Gasteiger partial charge in [-0.2, -0.15) is 0 Å². The van der Waals surface area contributed by atoms with Crippen molar-refractivity contribution in [2.45, 2.75) is 18.9 Å². The summed E-state index contributed by atoms with van der Waals surface area (Å²) < 4.78 is 10.5. The summed E-state index contributed by atoms with van der Waals surface area (Å²) in [5, 5.41) is 18.9. The molecule has 2 N–H and O–H groups in total. The summed E-state index contributed by atoms with van der Waals surface area (Å²) >= 11 is 0. The number of esters is 1. The molecule has 2 atom stereocenters. The monoisotopic (exact) mass is 321 g/mol. The highest BCUT2D eigenvalue weighted by Gasteiger charge is 2.43. The van der Waals surface area contributed by atoms with Gasteiger partial charge < -0.3 is 24.6 Å². The molecule has 2 aliphatic rings. The lowest BCUT2D eigenvalue weighted by Gasteiger charge is -2.18. The molecule has 0 spiro atoms. The minimum Gasteiger partial charge on any atom is -0.507 e. The third kappa shape index (κ3) is 3.04. The van der Waals surface area contributed by atoms with Crippen LogP contribution in [0.2, 0.25) is 0 Å². The number of phenols is 1. The number of rotatable bonds is 3. The van der Waals surface area contributed by atoms with Gasteiger partial charge in [0.15, 0.2) is 0 Å². The predicted molar refractivity (Wildman–Crippen MR) is 79.7 cm³/mol. The minimum atomic E-state index is -0.861. The zero-order chi connectivity index (χ0) is 16.6. The second-order valence-corrected chi connectivity index (χ2v) is 6.09. The van der Waals surface area contributed by atoms with Gasteiger partial charge in [0, 0.05) is 19.2 Å². The van der Waals surface area contributed by atoms with Crippen molar-refractivity contribution in [3.63, 3.8) is 0 Å². The molecule has 124 valence electrons. The van der Waals surface area contributed by atoms with E-state index in [1.165, 1.54) is 24.1 Å². The van der Waals surface area contributed by atoms with E-state index in [2.05, 4.69) is 4.74 Å². The van der Waals surface area contributed by atoms with Crippen molar-refractivity contribution in [1.29, 1.82) is 0 Å². The number of amides is 1. The Kier molecular flexibility index (Phi) is 4.02. The summed E-state index contributed by atoms with van der Waals surface area (Å²) in [5.41, 5.74) is 0.0974. The Bertz CT molecular complexity index is 617. The number of carboxylic acid groups (broad SMARTS) is 1. The Morgan fingerprint density at radius 3 is 2.39 bits per heavy atom. The number of methoxy groups -OCH3 is 1. The number of carbonyl (C=O) groups is 2. The molecule has 1 heterocycles. The van der Waals surface area contributed by atoms with Crippen LogP contribution in [-0.4, -0.2) is 53.5 Å². The van der Waals surface area contributed by atoms with E-state index in [1.807, 2.05) is 0 Å². The van der Waals surface area contributed by atoms with Crippen molar-refractivity contribution in [2.75, 3.05) is 20.2 Å². The number of hydrogen-bond donors (Lipinski definition) is 2. The van der Waals surface area contributed by atoms with Crippen molar-refractivity contribution in [2.24, 2.45) is 11.8 Å². The molecule has 2 fully saturated rings. The lowest BCUT2D eigenvalue weighted by atomic mass is 10.0. The van der Waals surface area contributed by atoms with Gasteiger partial charge in [-0.15, -0.1) is 0 Å². The highest BCUT2D eigenvalue weighted by atomic mass is 16.5. The van der Waals surface area contributed by atoms with E-state index in [1.54, 1.807) is 6.07 Å². The Balaban J connectivity index is 1.61. The fraction of sp³-hybridized carbons (Fsp3) is 0.500. The van der Waals surface area contributed by atoms with Crippen LogP contribution < -0.4 is 4.74 Å². The van der Waals surface area contributed by atoms with Gasteiger partial charge in [0.25, 0.3) is 0 Å². The van der Waals surface area contributed by atoms with Crippen LogP contribution in [0, 0.1) is 11.8 Å². The summed E-state index contributed by atoms with van der Waals surface area (Å²) in [5.74, 6) is 0.385. The molecule has 2 unspecified atom stereocenters. The Labute approximate surface area is 133 Å². The predicted octanol–water partition coefficient (Wildman–Crippen LogP) is 1.95. The zero-order valence-electron chi connectivity index (χ0n) is 12.8. The van der Waals surface area contributed by atoms with Crippen molar-refractivity contribution in [3.8, 4) is 11.5 Å². The van der Waals surface area contributed by atoms with Crippen molar-refractivity contribution in [3.05, 3.63) is 23.8 Å². The van der Waals surface area contributed by atoms with Crippen LogP contribution in [0.5, 0.6) is 11.5 Å². The van der Waals surface area contributed by atoms with Gasteiger partial charge in [-0.05, 0) is 36.8 Å². The number of fused-ring (bicyclic) bond motifs is 1. The number of ether oxygens (including phenoxy) is 2. The first-order valence-electron chi connectivity index (χ1n) is 7.53. The Hall–Kier alpha value is -2.44. The van der Waals surface area contributed by atoms with Crippen LogP contribution in [0.3, 0.4) is 0 Å². The standard InChI is InChI=1S/C16H19NO6/c1-22-15(19)13-3-2-11(6-14(13)18)23-12-4-9-7-17(16(20)21)8-10(9)5-12/h2-3,6,9-10,12,18H,4-5,7-8H2,1H3,(H,20,21). The van der Waals surface area contributed by atoms with Crippen LogP contribution in [0.1, 0.15) is 23.2 Å². The van der Waals surface area contributed by atoms with E-state index in [-0.39, 0.29) is 17.4 Å². The largest absolute Gasteiger partial charge is 0.507 e. The quantitative estimate of drug-likeness (QED) is 0.826. The SMILES string of the molecule is COC(=O)c1ccc(OC2CC3CN(C(=O)O)CC3C2)cc1O. The smallest absolute Gasteiger partial charge is 0.407 e. The lowest BCUT2D eigenvalue weighted by Crippen LogP contribution is -2.29. The average Bonchev–Trinajstić information content (AvgIpc) is 3.05. The average molecular weight is 321 g/mol. The summed E-state index contributed by atoms with van der Waals surface area (Å²) in [6.07, 6.45) is 0.742. The number of hydrogen-bond acceptors (Lipinski definition) is 5. The van der Waals surface area contributed by atoms with Gasteiger partial charge in [-0.1, -0.05) is 0 Å². The third-order valence-electron chi connectivity index (χ3n) is 4.66. The molecule has 1 aliphatic carbocycles. The second kappa shape index (κ2) is 5.98. The first-order chi connectivity index (χ1) is 11.0. The third-order valence-corrected chi connectivity index (χ3v) is 4.66. The fourth-order valence-electron chi connectivity index (χ4n) is 3.56. The topological polar surface area (TPSA) is 96.3 Å². The molecule has 23 heavy (non-hydrogen) atoms. The van der Waals surface area contributed by atoms with Gasteiger partial charge in [0.05, 0.1) is 13.2 Å². The molecule has 7 heteroatoms. The molecule has 1 saturated carbocycles. The van der Waals surface area contributed by atoms with E-state index in [0.717, 1.165) is 12.8 Å². The Morgan fingerprint density at radius 2 is 1.87 bits per heavy atom. The molecule has 1 saturated heterocycles. The number of aromatic hydroxyl groups is 1. The lowest BCUT2D eigenvalue weighted by molar-refractivity contribution is 0.0597. The number of nitrogens with zero attached hydrogens (tertiary/aromatic N) is 1. The van der Waals surface area contributed by atoms with Crippen molar-refractivity contribution in [1.82, 2.24) is 4.90 Å². The maximum Gasteiger partial charge on any atom is 0.407 e. The summed E-state index contributed by atoms with van der Waals surface area (Å²) in [6, 6.07) is 4.51. The first-order valence-corrected chi connectivity index (χ1v) is 7.53. The van der Waals surface area contributed by atoms with Crippen LogP contribution in [-0.2, 0) is 4.74 Å². The summed E-state index contributed by atoms with van der Waals surface area (Å²) in [7, 11) is 1.25. The van der Waals surface area contributed by atoms with E-state index < -0.39 is 12.1 Å². The summed E-state index contributed by atoms with van der Waals surface area (Å²) in [4.78, 5) is 23.9. The normalized spacial score (nSPS) is 26.0.